The van der Waals surface area contributed by atoms with Crippen molar-refractivity contribution in [2.24, 2.45) is 0 Å². The minimum Gasteiger partial charge on any atom is -0.423 e. The van der Waals surface area contributed by atoms with Crippen molar-refractivity contribution in [1.29, 1.82) is 0 Å². The summed E-state index contributed by atoms with van der Waals surface area (Å²) in [7, 11) is 0. The molecule has 28 heavy (non-hydrogen) atoms. The van der Waals surface area contributed by atoms with Crippen LogP contribution in [0.4, 0.5) is 22.0 Å². The summed E-state index contributed by atoms with van der Waals surface area (Å²) in [5, 5.41) is -0.315. The largest absolute Gasteiger partial charge is 0.423 e. The van der Waals surface area contributed by atoms with Gasteiger partial charge in [-0.3, -0.25) is 0 Å². The minimum absolute atomic E-state index is 0.0811. The molecule has 3 aromatic rings. The zero-order chi connectivity index (χ0) is 20.4. The van der Waals surface area contributed by atoms with Gasteiger partial charge in [0.15, 0.2) is 17.5 Å². The Morgan fingerprint density at radius 1 is 0.929 bits per heavy atom. The van der Waals surface area contributed by atoms with Crippen molar-refractivity contribution in [1.82, 2.24) is 0 Å². The molecular weight excluding hydrogens is 379 g/mol. The number of rotatable bonds is 5. The quantitative estimate of drug-likeness (QED) is 0.178. The van der Waals surface area contributed by atoms with Crippen molar-refractivity contribution in [3.05, 3.63) is 89.3 Å². The highest BCUT2D eigenvalue weighted by molar-refractivity contribution is 5.92. The average molecular weight is 392 g/mol. The summed E-state index contributed by atoms with van der Waals surface area (Å²) in [6.45, 7) is 3.52. The molecule has 0 atom stereocenters. The summed E-state index contributed by atoms with van der Waals surface area (Å²) in [5.41, 5.74) is -0.538. The highest BCUT2D eigenvalue weighted by Crippen LogP contribution is 2.27. The summed E-state index contributed by atoms with van der Waals surface area (Å²) in [6, 6.07) is 6.01. The lowest BCUT2D eigenvalue weighted by Crippen LogP contribution is -2.14. The van der Waals surface area contributed by atoms with Gasteiger partial charge in [-0.1, -0.05) is 6.08 Å². The topological polar surface area (TPSA) is 26.3 Å². The molecule has 0 aliphatic rings. The standard InChI is InChI=1S/C21H13F5O2/c1-2-3-4-11-7-15(22)18(16(23)8-11)21(27)28-13-5-6-14-12(9-13)10-17(24)20(26)19(14)25/h2,5-10H,1,3-4H2. The molecule has 0 unspecified atom stereocenters. The second-order valence-electron chi connectivity index (χ2n) is 6.02. The van der Waals surface area contributed by atoms with Gasteiger partial charge in [-0.25, -0.2) is 26.7 Å². The molecule has 3 aromatic carbocycles. The number of ether oxygens (including phenoxy) is 1. The molecule has 3 rings (SSSR count). The Labute approximate surface area is 156 Å². The van der Waals surface area contributed by atoms with E-state index in [0.29, 0.717) is 18.4 Å². The van der Waals surface area contributed by atoms with Crippen molar-refractivity contribution in [3.8, 4) is 5.75 Å². The Bertz CT molecular complexity index is 1070. The van der Waals surface area contributed by atoms with Crippen LogP contribution in [0.5, 0.6) is 5.75 Å². The molecule has 0 aromatic heterocycles. The molecule has 0 saturated carbocycles. The molecule has 0 aliphatic carbocycles. The van der Waals surface area contributed by atoms with Crippen LogP contribution >= 0.6 is 0 Å². The van der Waals surface area contributed by atoms with Crippen LogP contribution in [0.15, 0.2) is 49.1 Å². The van der Waals surface area contributed by atoms with Crippen LogP contribution in [-0.4, -0.2) is 5.97 Å². The van der Waals surface area contributed by atoms with Gasteiger partial charge in [-0.2, -0.15) is 0 Å². The maximum atomic E-state index is 14.2. The molecule has 0 fully saturated rings. The third kappa shape index (κ3) is 3.74. The number of allylic oxidation sites excluding steroid dienone is 1. The number of benzene rings is 3. The maximum Gasteiger partial charge on any atom is 0.349 e. The normalized spacial score (nSPS) is 10.9. The van der Waals surface area contributed by atoms with Crippen LogP contribution in [0, 0.1) is 29.1 Å². The first-order valence-electron chi connectivity index (χ1n) is 8.20. The molecular formula is C21H13F5O2. The molecule has 0 N–H and O–H groups in total. The van der Waals surface area contributed by atoms with Gasteiger partial charge in [0, 0.05) is 5.39 Å². The SMILES string of the molecule is C=CCCc1cc(F)c(C(=O)Oc2ccc3c(F)c(F)c(F)cc3c2)c(F)c1. The Morgan fingerprint density at radius 3 is 2.25 bits per heavy atom. The fourth-order valence-corrected chi connectivity index (χ4v) is 2.74. The summed E-state index contributed by atoms with van der Waals surface area (Å²) < 4.78 is 73.7. The third-order valence-corrected chi connectivity index (χ3v) is 4.10. The number of fused-ring (bicyclic) bond motifs is 1. The van der Waals surface area contributed by atoms with Crippen LogP contribution in [0.25, 0.3) is 10.8 Å². The molecule has 0 radical (unpaired) electrons. The predicted molar refractivity (Wildman–Crippen MR) is 93.7 cm³/mol. The van der Waals surface area contributed by atoms with E-state index in [1.807, 2.05) is 0 Å². The molecule has 144 valence electrons. The van der Waals surface area contributed by atoms with E-state index in [2.05, 4.69) is 6.58 Å². The van der Waals surface area contributed by atoms with Gasteiger partial charge in [0.25, 0.3) is 0 Å². The van der Waals surface area contributed by atoms with Crippen LogP contribution < -0.4 is 4.74 Å². The van der Waals surface area contributed by atoms with E-state index in [1.165, 1.54) is 0 Å². The number of carbonyl (C=O) groups is 1. The molecule has 0 aliphatic heterocycles. The van der Waals surface area contributed by atoms with E-state index in [9.17, 15) is 26.7 Å². The van der Waals surface area contributed by atoms with Crippen LogP contribution in [-0.2, 0) is 6.42 Å². The lowest BCUT2D eigenvalue weighted by molar-refractivity contribution is 0.0725. The maximum absolute atomic E-state index is 14.2. The van der Waals surface area contributed by atoms with Gasteiger partial charge >= 0.3 is 5.97 Å². The van der Waals surface area contributed by atoms with Gasteiger partial charge in [-0.05, 0) is 60.2 Å². The van der Waals surface area contributed by atoms with Crippen molar-refractivity contribution in [2.75, 3.05) is 0 Å². The second-order valence-corrected chi connectivity index (χ2v) is 6.02. The Kier molecular flexibility index (Phi) is 5.44. The smallest absolute Gasteiger partial charge is 0.349 e. The lowest BCUT2D eigenvalue weighted by Gasteiger charge is -2.09. The van der Waals surface area contributed by atoms with Crippen molar-refractivity contribution < 1.29 is 31.5 Å². The molecule has 0 heterocycles. The molecule has 2 nitrogen and oxygen atoms in total. The van der Waals surface area contributed by atoms with E-state index in [4.69, 9.17) is 4.74 Å². The second kappa shape index (κ2) is 7.80. The van der Waals surface area contributed by atoms with Gasteiger partial charge < -0.3 is 4.74 Å². The lowest BCUT2D eigenvalue weighted by atomic mass is 10.1. The zero-order valence-electron chi connectivity index (χ0n) is 14.4. The molecule has 0 amide bonds. The van der Waals surface area contributed by atoms with Gasteiger partial charge in [0.2, 0.25) is 0 Å². The Hall–Kier alpha value is -3.22. The van der Waals surface area contributed by atoms with E-state index >= 15 is 0 Å². The summed E-state index contributed by atoms with van der Waals surface area (Å²) in [6.07, 6.45) is 2.45. The number of esters is 1. The summed E-state index contributed by atoms with van der Waals surface area (Å²) in [4.78, 5) is 12.2. The fourth-order valence-electron chi connectivity index (χ4n) is 2.74. The van der Waals surface area contributed by atoms with Gasteiger partial charge in [0.1, 0.15) is 22.9 Å². The number of halogens is 5. The molecule has 0 bridgehead atoms. The van der Waals surface area contributed by atoms with Crippen LogP contribution in [0.1, 0.15) is 22.3 Å². The van der Waals surface area contributed by atoms with E-state index in [0.717, 1.165) is 36.4 Å². The Balaban J connectivity index is 1.91. The molecule has 7 heteroatoms. The minimum atomic E-state index is -1.63. The van der Waals surface area contributed by atoms with E-state index in [-0.39, 0.29) is 16.5 Å². The fraction of sp³-hybridized carbons (Fsp3) is 0.0952. The third-order valence-electron chi connectivity index (χ3n) is 4.10. The predicted octanol–water partition coefficient (Wildman–Crippen LogP) is 5.87. The van der Waals surface area contributed by atoms with Gasteiger partial charge in [-0.15, -0.1) is 6.58 Å². The first-order chi connectivity index (χ1) is 13.3. The first kappa shape index (κ1) is 19.5. The number of hydrogen-bond donors (Lipinski definition) is 0. The van der Waals surface area contributed by atoms with Crippen molar-refractivity contribution in [2.45, 2.75) is 12.8 Å². The monoisotopic (exact) mass is 392 g/mol. The summed E-state index contributed by atoms with van der Waals surface area (Å²) in [5.74, 6) is -8.14. The molecule has 0 spiro atoms. The number of hydrogen-bond acceptors (Lipinski definition) is 2. The van der Waals surface area contributed by atoms with Crippen LogP contribution in [0.3, 0.4) is 0 Å². The Morgan fingerprint density at radius 2 is 1.61 bits per heavy atom. The van der Waals surface area contributed by atoms with Gasteiger partial charge in [0.05, 0.1) is 0 Å². The first-order valence-corrected chi connectivity index (χ1v) is 8.20. The highest BCUT2D eigenvalue weighted by atomic mass is 19.2. The van der Waals surface area contributed by atoms with E-state index < -0.39 is 40.6 Å². The summed E-state index contributed by atoms with van der Waals surface area (Å²) >= 11 is 0. The van der Waals surface area contributed by atoms with E-state index in [1.54, 1.807) is 6.08 Å². The van der Waals surface area contributed by atoms with Crippen molar-refractivity contribution in [3.63, 3.8) is 0 Å². The number of aryl methyl sites for hydroxylation is 1. The van der Waals surface area contributed by atoms with Crippen molar-refractivity contribution >= 4 is 16.7 Å². The number of carbonyl (C=O) groups excluding carboxylic acids is 1. The molecule has 0 saturated heterocycles. The van der Waals surface area contributed by atoms with Crippen LogP contribution in [0.2, 0.25) is 0 Å². The average Bonchev–Trinajstić information content (AvgIpc) is 2.64. The highest BCUT2D eigenvalue weighted by Gasteiger charge is 2.21. The zero-order valence-corrected chi connectivity index (χ0v) is 14.4.